The van der Waals surface area contributed by atoms with E-state index in [-0.39, 0.29) is 40.4 Å². The molecule has 2 atom stereocenters. The van der Waals surface area contributed by atoms with Gasteiger partial charge in [-0.15, -0.1) is 22.1 Å². The average Bonchev–Trinajstić information content (AvgIpc) is 3.23. The normalized spacial score (nSPS) is 21.6. The monoisotopic (exact) mass is 453 g/mol. The SMILES string of the molecule is Br.CCCCC1CC(C)(C(=O)CSc2n[nH]c(-c3ccccc3)n2)OC1=O. The number of ether oxygens (including phenoxy) is 1. The van der Waals surface area contributed by atoms with Gasteiger partial charge in [-0.05, 0) is 13.3 Å². The Kier molecular flexibility index (Phi) is 7.61. The Morgan fingerprint density at radius 1 is 1.37 bits per heavy atom. The predicted octanol–water partition coefficient (Wildman–Crippen LogP) is 4.22. The van der Waals surface area contributed by atoms with Crippen molar-refractivity contribution in [2.24, 2.45) is 5.92 Å². The molecule has 1 aromatic carbocycles. The molecule has 1 aromatic heterocycles. The van der Waals surface area contributed by atoms with Gasteiger partial charge in [0.2, 0.25) is 5.16 Å². The van der Waals surface area contributed by atoms with Gasteiger partial charge in [0.25, 0.3) is 0 Å². The summed E-state index contributed by atoms with van der Waals surface area (Å²) in [6.07, 6.45) is 3.25. The zero-order valence-electron chi connectivity index (χ0n) is 15.4. The lowest BCUT2D eigenvalue weighted by atomic mass is 9.90. The van der Waals surface area contributed by atoms with E-state index in [1.54, 1.807) is 6.92 Å². The zero-order chi connectivity index (χ0) is 18.6. The Hall–Kier alpha value is -1.67. The number of rotatable bonds is 8. The van der Waals surface area contributed by atoms with Crippen LogP contribution in [0.15, 0.2) is 35.5 Å². The highest BCUT2D eigenvalue weighted by Gasteiger charge is 2.47. The summed E-state index contributed by atoms with van der Waals surface area (Å²) in [6.45, 7) is 3.80. The second kappa shape index (κ2) is 9.50. The number of unbranched alkanes of at least 4 members (excludes halogenated alkanes) is 1. The smallest absolute Gasteiger partial charge is 0.310 e. The number of H-pyrrole nitrogens is 1. The first-order chi connectivity index (χ1) is 12.5. The van der Waals surface area contributed by atoms with Crippen molar-refractivity contribution in [3.8, 4) is 11.4 Å². The minimum absolute atomic E-state index is 0. The molecule has 1 saturated heterocycles. The molecule has 0 saturated carbocycles. The van der Waals surface area contributed by atoms with Crippen LogP contribution >= 0.6 is 28.7 Å². The van der Waals surface area contributed by atoms with Crippen LogP contribution in [0.4, 0.5) is 0 Å². The molecule has 3 rings (SSSR count). The van der Waals surface area contributed by atoms with Gasteiger partial charge >= 0.3 is 5.97 Å². The van der Waals surface area contributed by atoms with E-state index in [0.717, 1.165) is 24.8 Å². The fourth-order valence-electron chi connectivity index (χ4n) is 3.06. The number of esters is 1. The number of halogens is 1. The van der Waals surface area contributed by atoms with Gasteiger partial charge in [-0.3, -0.25) is 14.7 Å². The highest BCUT2D eigenvalue weighted by molar-refractivity contribution is 8.93. The molecular formula is C19H24BrN3O3S. The van der Waals surface area contributed by atoms with Crippen LogP contribution in [0.2, 0.25) is 0 Å². The topological polar surface area (TPSA) is 84.9 Å². The molecule has 1 aliphatic rings. The maximum absolute atomic E-state index is 12.6. The third-order valence-electron chi connectivity index (χ3n) is 4.64. The number of hydrogen-bond donors (Lipinski definition) is 1. The van der Waals surface area contributed by atoms with Gasteiger partial charge in [-0.25, -0.2) is 4.98 Å². The van der Waals surface area contributed by atoms with Crippen LogP contribution < -0.4 is 0 Å². The summed E-state index contributed by atoms with van der Waals surface area (Å²) in [5.41, 5.74) is -0.0882. The summed E-state index contributed by atoms with van der Waals surface area (Å²) < 4.78 is 5.43. The molecule has 2 aromatic rings. The summed E-state index contributed by atoms with van der Waals surface area (Å²) in [6, 6.07) is 9.67. The van der Waals surface area contributed by atoms with E-state index in [4.69, 9.17) is 4.74 Å². The highest BCUT2D eigenvalue weighted by atomic mass is 79.9. The lowest BCUT2D eigenvalue weighted by Gasteiger charge is -2.20. The second-order valence-electron chi connectivity index (χ2n) is 6.74. The molecular weight excluding hydrogens is 430 g/mol. The minimum Gasteiger partial charge on any atom is -0.451 e. The molecule has 0 aliphatic carbocycles. The van der Waals surface area contributed by atoms with Gasteiger partial charge in [0.15, 0.2) is 17.2 Å². The van der Waals surface area contributed by atoms with E-state index >= 15 is 0 Å². The number of hydrogen-bond acceptors (Lipinski definition) is 6. The Morgan fingerprint density at radius 2 is 2.11 bits per heavy atom. The minimum atomic E-state index is -1.03. The molecule has 1 fully saturated rings. The quantitative estimate of drug-likeness (QED) is 0.475. The molecule has 146 valence electrons. The van der Waals surface area contributed by atoms with E-state index in [1.165, 1.54) is 11.8 Å². The van der Waals surface area contributed by atoms with Crippen molar-refractivity contribution in [3.05, 3.63) is 30.3 Å². The molecule has 0 spiro atoms. The first kappa shape index (κ1) is 21.6. The van der Waals surface area contributed by atoms with Crippen molar-refractivity contribution >= 4 is 40.5 Å². The van der Waals surface area contributed by atoms with Crippen LogP contribution in [-0.4, -0.2) is 38.3 Å². The number of Topliss-reactive ketones (excluding diaryl/α,β-unsaturated/α-hetero) is 1. The summed E-state index contributed by atoms with van der Waals surface area (Å²) in [7, 11) is 0. The summed E-state index contributed by atoms with van der Waals surface area (Å²) >= 11 is 1.26. The number of thioether (sulfide) groups is 1. The highest BCUT2D eigenvalue weighted by Crippen LogP contribution is 2.35. The Balaban J connectivity index is 0.00000261. The van der Waals surface area contributed by atoms with Crippen molar-refractivity contribution in [1.82, 2.24) is 15.2 Å². The van der Waals surface area contributed by atoms with Crippen molar-refractivity contribution in [1.29, 1.82) is 0 Å². The largest absolute Gasteiger partial charge is 0.451 e. The van der Waals surface area contributed by atoms with E-state index in [9.17, 15) is 9.59 Å². The van der Waals surface area contributed by atoms with Crippen LogP contribution in [0.1, 0.15) is 39.5 Å². The van der Waals surface area contributed by atoms with E-state index in [2.05, 4.69) is 22.1 Å². The lowest BCUT2D eigenvalue weighted by Crippen LogP contribution is -2.36. The molecule has 0 amide bonds. The van der Waals surface area contributed by atoms with Gasteiger partial charge in [0.1, 0.15) is 0 Å². The van der Waals surface area contributed by atoms with E-state index in [0.29, 0.717) is 17.4 Å². The molecule has 1 N–H and O–H groups in total. The average molecular weight is 454 g/mol. The van der Waals surface area contributed by atoms with Crippen LogP contribution in [0, 0.1) is 5.92 Å². The molecule has 2 unspecified atom stereocenters. The summed E-state index contributed by atoms with van der Waals surface area (Å²) in [4.78, 5) is 29.1. The Labute approximate surface area is 173 Å². The second-order valence-corrected chi connectivity index (χ2v) is 7.68. The molecule has 0 bridgehead atoms. The molecule has 6 nitrogen and oxygen atoms in total. The maximum atomic E-state index is 12.6. The molecule has 0 radical (unpaired) electrons. The Bertz CT molecular complexity index is 784. The van der Waals surface area contributed by atoms with Crippen LogP contribution in [-0.2, 0) is 14.3 Å². The van der Waals surface area contributed by atoms with Crippen molar-refractivity contribution in [2.75, 3.05) is 5.75 Å². The number of cyclic esters (lactones) is 1. The number of benzene rings is 1. The van der Waals surface area contributed by atoms with E-state index < -0.39 is 5.60 Å². The number of carbonyl (C=O) groups excluding carboxylic acids is 2. The first-order valence-electron chi connectivity index (χ1n) is 8.88. The summed E-state index contributed by atoms with van der Waals surface area (Å²) in [5, 5.41) is 7.54. The molecule has 2 heterocycles. The van der Waals surface area contributed by atoms with Gasteiger partial charge < -0.3 is 4.74 Å². The Morgan fingerprint density at radius 3 is 2.81 bits per heavy atom. The van der Waals surface area contributed by atoms with Gasteiger partial charge in [-0.1, -0.05) is 61.9 Å². The fraction of sp³-hybridized carbons (Fsp3) is 0.474. The number of nitrogens with zero attached hydrogens (tertiary/aromatic N) is 2. The number of ketones is 1. The van der Waals surface area contributed by atoms with Crippen molar-refractivity contribution in [2.45, 2.75) is 50.3 Å². The number of aromatic nitrogens is 3. The standard InChI is InChI=1S/C19H23N3O3S.BrH/c1-3-4-8-14-11-19(2,25-17(14)24)15(23)12-26-18-20-16(21-22-18)13-9-6-5-7-10-13;/h5-7,9-10,14H,3-4,8,11-12H2,1-2H3,(H,20,21,22);1H. The molecule has 1 aliphatic heterocycles. The van der Waals surface area contributed by atoms with Crippen molar-refractivity contribution < 1.29 is 14.3 Å². The third kappa shape index (κ3) is 5.19. The van der Waals surface area contributed by atoms with Crippen molar-refractivity contribution in [3.63, 3.8) is 0 Å². The lowest BCUT2D eigenvalue weighted by molar-refractivity contribution is -0.156. The predicted molar refractivity (Wildman–Crippen MR) is 110 cm³/mol. The van der Waals surface area contributed by atoms with E-state index in [1.807, 2.05) is 30.3 Å². The summed E-state index contributed by atoms with van der Waals surface area (Å²) in [5.74, 6) is 0.335. The molecule has 8 heteroatoms. The maximum Gasteiger partial charge on any atom is 0.310 e. The number of aromatic amines is 1. The number of nitrogens with one attached hydrogen (secondary N) is 1. The van der Waals surface area contributed by atoms with Crippen LogP contribution in [0.3, 0.4) is 0 Å². The first-order valence-corrected chi connectivity index (χ1v) is 9.87. The van der Waals surface area contributed by atoms with Crippen LogP contribution in [0.25, 0.3) is 11.4 Å². The third-order valence-corrected chi connectivity index (χ3v) is 5.48. The zero-order valence-corrected chi connectivity index (χ0v) is 18.0. The van der Waals surface area contributed by atoms with Gasteiger partial charge in [0, 0.05) is 12.0 Å². The molecule has 27 heavy (non-hydrogen) atoms. The number of carbonyl (C=O) groups is 2. The fourth-order valence-corrected chi connectivity index (χ4v) is 3.89. The van der Waals surface area contributed by atoms with Gasteiger partial charge in [-0.2, -0.15) is 0 Å². The van der Waals surface area contributed by atoms with Crippen LogP contribution in [0.5, 0.6) is 0 Å². The van der Waals surface area contributed by atoms with Gasteiger partial charge in [0.05, 0.1) is 11.7 Å².